The van der Waals surface area contributed by atoms with Crippen LogP contribution in [0.25, 0.3) is 0 Å². The van der Waals surface area contributed by atoms with Crippen LogP contribution in [-0.4, -0.2) is 17.8 Å². The molecule has 2 heteroatoms. The van der Waals surface area contributed by atoms with E-state index in [0.717, 1.165) is 5.56 Å². The first-order valence-corrected chi connectivity index (χ1v) is 6.18. The predicted molar refractivity (Wildman–Crippen MR) is 70.8 cm³/mol. The zero-order valence-electron chi connectivity index (χ0n) is 10.8. The highest BCUT2D eigenvalue weighted by Gasteiger charge is 2.18. The molecule has 0 saturated carbocycles. The van der Waals surface area contributed by atoms with Crippen LogP contribution < -0.4 is 0 Å². The van der Waals surface area contributed by atoms with Crippen molar-refractivity contribution in [2.24, 2.45) is 5.92 Å². The number of benzene rings is 1. The van der Waals surface area contributed by atoms with E-state index in [1.165, 1.54) is 0 Å². The minimum absolute atomic E-state index is 0.273. The van der Waals surface area contributed by atoms with Gasteiger partial charge in [0.15, 0.2) is 0 Å². The van der Waals surface area contributed by atoms with E-state index in [9.17, 15) is 5.11 Å². The molecule has 0 aliphatic rings. The zero-order chi connectivity index (χ0) is 12.7. The Labute approximate surface area is 104 Å². The van der Waals surface area contributed by atoms with Crippen molar-refractivity contribution in [3.63, 3.8) is 0 Å². The van der Waals surface area contributed by atoms with Crippen LogP contribution in [0.3, 0.4) is 0 Å². The summed E-state index contributed by atoms with van der Waals surface area (Å²) in [7, 11) is 0. The first-order chi connectivity index (χ1) is 8.15. The van der Waals surface area contributed by atoms with E-state index in [0.29, 0.717) is 12.5 Å². The standard InChI is InChI=1S/C15H22O2/c1-4-17-14(11-10-12(2)3)15(16)13-8-6-5-7-9-13/h5-12,14-16H,4H2,1-3H3/b11-10+/t14-,15-/m0/s1. The summed E-state index contributed by atoms with van der Waals surface area (Å²) in [6.45, 7) is 6.74. The summed E-state index contributed by atoms with van der Waals surface area (Å²) in [6, 6.07) is 9.62. The third kappa shape index (κ3) is 4.72. The van der Waals surface area contributed by atoms with E-state index in [1.807, 2.05) is 43.3 Å². The molecule has 0 aliphatic carbocycles. The van der Waals surface area contributed by atoms with Crippen LogP contribution in [0.1, 0.15) is 32.4 Å². The van der Waals surface area contributed by atoms with Crippen molar-refractivity contribution < 1.29 is 9.84 Å². The topological polar surface area (TPSA) is 29.5 Å². The molecule has 94 valence electrons. The molecule has 1 N–H and O–H groups in total. The van der Waals surface area contributed by atoms with E-state index in [2.05, 4.69) is 19.9 Å². The smallest absolute Gasteiger partial charge is 0.109 e. The molecule has 0 heterocycles. The molecule has 0 fully saturated rings. The van der Waals surface area contributed by atoms with Crippen molar-refractivity contribution in [3.8, 4) is 0 Å². The van der Waals surface area contributed by atoms with Crippen LogP contribution in [0.4, 0.5) is 0 Å². The summed E-state index contributed by atoms with van der Waals surface area (Å²) in [5, 5.41) is 10.2. The summed E-state index contributed by atoms with van der Waals surface area (Å²) < 4.78 is 5.57. The molecule has 1 aromatic rings. The van der Waals surface area contributed by atoms with Gasteiger partial charge in [0.2, 0.25) is 0 Å². The highest BCUT2D eigenvalue weighted by Crippen LogP contribution is 2.20. The maximum atomic E-state index is 10.2. The zero-order valence-corrected chi connectivity index (χ0v) is 10.8. The minimum Gasteiger partial charge on any atom is -0.385 e. The summed E-state index contributed by atoms with van der Waals surface area (Å²) in [5.41, 5.74) is 0.888. The van der Waals surface area contributed by atoms with Gasteiger partial charge in [-0.25, -0.2) is 0 Å². The Morgan fingerprint density at radius 2 is 1.82 bits per heavy atom. The molecule has 2 nitrogen and oxygen atoms in total. The number of ether oxygens (including phenoxy) is 1. The lowest BCUT2D eigenvalue weighted by Gasteiger charge is -2.20. The quantitative estimate of drug-likeness (QED) is 0.765. The van der Waals surface area contributed by atoms with Crippen LogP contribution in [0.15, 0.2) is 42.5 Å². The Hall–Kier alpha value is -1.12. The Morgan fingerprint density at radius 1 is 1.18 bits per heavy atom. The fraction of sp³-hybridized carbons (Fsp3) is 0.467. The molecule has 0 bridgehead atoms. The Balaban J connectivity index is 2.76. The van der Waals surface area contributed by atoms with E-state index >= 15 is 0 Å². The molecule has 0 radical (unpaired) electrons. The molecule has 0 aliphatic heterocycles. The van der Waals surface area contributed by atoms with Crippen molar-refractivity contribution in [1.29, 1.82) is 0 Å². The van der Waals surface area contributed by atoms with Crippen molar-refractivity contribution >= 4 is 0 Å². The molecule has 0 saturated heterocycles. The van der Waals surface area contributed by atoms with Gasteiger partial charge in [0.05, 0.1) is 0 Å². The maximum absolute atomic E-state index is 10.2. The predicted octanol–water partition coefficient (Wildman–Crippen LogP) is 3.34. The molecule has 2 atom stereocenters. The van der Waals surface area contributed by atoms with Crippen molar-refractivity contribution in [2.75, 3.05) is 6.61 Å². The number of hydrogen-bond acceptors (Lipinski definition) is 2. The number of allylic oxidation sites excluding steroid dienone is 1. The normalized spacial score (nSPS) is 15.4. The molecule has 17 heavy (non-hydrogen) atoms. The Kier molecular flexibility index (Phi) is 5.95. The summed E-state index contributed by atoms with van der Waals surface area (Å²) in [6.07, 6.45) is 3.13. The lowest BCUT2D eigenvalue weighted by molar-refractivity contribution is -0.00598. The highest BCUT2D eigenvalue weighted by atomic mass is 16.5. The third-order valence-electron chi connectivity index (χ3n) is 2.50. The van der Waals surface area contributed by atoms with E-state index < -0.39 is 6.10 Å². The van der Waals surface area contributed by atoms with Crippen molar-refractivity contribution in [2.45, 2.75) is 33.0 Å². The lowest BCUT2D eigenvalue weighted by Crippen LogP contribution is -2.20. The van der Waals surface area contributed by atoms with Gasteiger partial charge in [-0.15, -0.1) is 0 Å². The largest absolute Gasteiger partial charge is 0.385 e. The van der Waals surface area contributed by atoms with E-state index in [4.69, 9.17) is 4.74 Å². The molecular weight excluding hydrogens is 212 g/mol. The van der Waals surface area contributed by atoms with Gasteiger partial charge in [-0.1, -0.05) is 56.3 Å². The molecule has 1 rings (SSSR count). The molecule has 0 amide bonds. The van der Waals surface area contributed by atoms with E-state index in [1.54, 1.807) is 0 Å². The summed E-state index contributed by atoms with van der Waals surface area (Å²) >= 11 is 0. The lowest BCUT2D eigenvalue weighted by atomic mass is 10.0. The average Bonchev–Trinajstić information content (AvgIpc) is 2.34. The van der Waals surface area contributed by atoms with Crippen LogP contribution in [-0.2, 0) is 4.74 Å². The summed E-state index contributed by atoms with van der Waals surface area (Å²) in [4.78, 5) is 0. The van der Waals surface area contributed by atoms with Gasteiger partial charge < -0.3 is 9.84 Å². The number of rotatable bonds is 6. The second kappa shape index (κ2) is 7.25. The maximum Gasteiger partial charge on any atom is 0.109 e. The molecule has 0 spiro atoms. The summed E-state index contributed by atoms with van der Waals surface area (Å²) in [5.74, 6) is 0.459. The van der Waals surface area contributed by atoms with Crippen molar-refractivity contribution in [3.05, 3.63) is 48.0 Å². The third-order valence-corrected chi connectivity index (χ3v) is 2.50. The van der Waals surface area contributed by atoms with Gasteiger partial charge in [0.25, 0.3) is 0 Å². The van der Waals surface area contributed by atoms with Crippen LogP contribution in [0.5, 0.6) is 0 Å². The molecule has 1 aromatic carbocycles. The van der Waals surface area contributed by atoms with E-state index in [-0.39, 0.29) is 6.10 Å². The Bertz CT molecular complexity index is 330. The van der Waals surface area contributed by atoms with Crippen LogP contribution in [0, 0.1) is 5.92 Å². The van der Waals surface area contributed by atoms with Crippen LogP contribution >= 0.6 is 0 Å². The van der Waals surface area contributed by atoms with Crippen LogP contribution in [0.2, 0.25) is 0 Å². The number of aliphatic hydroxyl groups excluding tert-OH is 1. The van der Waals surface area contributed by atoms with Gasteiger partial charge in [0.1, 0.15) is 12.2 Å². The first-order valence-electron chi connectivity index (χ1n) is 6.18. The second-order valence-corrected chi connectivity index (χ2v) is 4.40. The molecule has 0 aromatic heterocycles. The fourth-order valence-electron chi connectivity index (χ4n) is 1.62. The van der Waals surface area contributed by atoms with Gasteiger partial charge in [-0.3, -0.25) is 0 Å². The molecular formula is C15H22O2. The number of hydrogen-bond donors (Lipinski definition) is 1. The molecule has 0 unspecified atom stereocenters. The fourth-order valence-corrected chi connectivity index (χ4v) is 1.62. The monoisotopic (exact) mass is 234 g/mol. The SMILES string of the molecule is CCO[C@@H](/C=C/C(C)C)[C@@H](O)c1ccccc1. The average molecular weight is 234 g/mol. The second-order valence-electron chi connectivity index (χ2n) is 4.40. The van der Waals surface area contributed by atoms with Gasteiger partial charge in [-0.2, -0.15) is 0 Å². The number of aliphatic hydroxyl groups is 1. The van der Waals surface area contributed by atoms with Gasteiger partial charge >= 0.3 is 0 Å². The van der Waals surface area contributed by atoms with Gasteiger partial charge in [0, 0.05) is 6.61 Å². The minimum atomic E-state index is -0.605. The highest BCUT2D eigenvalue weighted by molar-refractivity contribution is 5.20. The first kappa shape index (κ1) is 13.9. The van der Waals surface area contributed by atoms with Crippen molar-refractivity contribution in [1.82, 2.24) is 0 Å². The van der Waals surface area contributed by atoms with Gasteiger partial charge in [-0.05, 0) is 18.4 Å². The Morgan fingerprint density at radius 3 is 2.35 bits per heavy atom.